The molecule has 15 heteroatoms. The van der Waals surface area contributed by atoms with Crippen molar-refractivity contribution in [2.24, 2.45) is 17.5 Å². The van der Waals surface area contributed by atoms with Crippen molar-refractivity contribution in [2.75, 3.05) is 10.3 Å². The molecule has 1 aromatic carbocycles. The molecule has 5 N–H and O–H groups in total. The lowest BCUT2D eigenvalue weighted by atomic mass is 9.97. The number of nitrogens with zero attached hydrogens (tertiary/aromatic N) is 6. The largest absolute Gasteiger partial charge is 0.388 e. The van der Waals surface area contributed by atoms with Gasteiger partial charge in [0.2, 0.25) is 5.91 Å². The van der Waals surface area contributed by atoms with Gasteiger partial charge < -0.3 is 11.1 Å². The molecule has 224 valence electrons. The molecule has 2 unspecified atom stereocenters. The number of nitrogens with two attached hydrogens (primary N) is 2. The minimum atomic E-state index is -2.95. The summed E-state index contributed by atoms with van der Waals surface area (Å²) in [5.74, 6) is 5.37. The van der Waals surface area contributed by atoms with E-state index in [9.17, 15) is 18.4 Å². The Hall–Kier alpha value is -4.33. The van der Waals surface area contributed by atoms with Crippen LogP contribution >= 0.6 is 23.2 Å². The Bertz CT molecular complexity index is 1750. The number of rotatable bonds is 5. The van der Waals surface area contributed by atoms with E-state index in [4.69, 9.17) is 34.8 Å². The summed E-state index contributed by atoms with van der Waals surface area (Å²) in [7, 11) is 0. The highest BCUT2D eigenvalue weighted by atomic mass is 35.5. The number of halogens is 4. The van der Waals surface area contributed by atoms with E-state index >= 15 is 0 Å². The zero-order valence-electron chi connectivity index (χ0n) is 22.8. The Kier molecular flexibility index (Phi) is 8.76. The van der Waals surface area contributed by atoms with Crippen LogP contribution in [0, 0.1) is 5.92 Å². The summed E-state index contributed by atoms with van der Waals surface area (Å²) < 4.78 is 29.8. The average Bonchev–Trinajstić information content (AvgIpc) is 3.38. The summed E-state index contributed by atoms with van der Waals surface area (Å²) in [5.41, 5.74) is 7.36. The fraction of sp³-hybridized carbons (Fsp3) is 0.250. The fourth-order valence-corrected chi connectivity index (χ4v) is 5.31. The molecule has 1 amide bonds. The standard InChI is InChI=1S/C28H27Cl2F2N9O2/c1-15-3-2-4-23(20-9-16(7-8-35-20)26-21(38-27(15)43)12-37-41(26)28(31)32)39-14-36-19(11-25(39)42)18-10-17(29)5-6-22(18)40(34)13-24(30)33/h5-15,23,28H,2-4,33-34H2,1H3,(H,38,43)/b24-13-. The van der Waals surface area contributed by atoms with Crippen LogP contribution in [0.1, 0.15) is 44.5 Å². The number of alkyl halides is 2. The smallest absolute Gasteiger partial charge is 0.333 e. The number of nitrogens with one attached hydrogen (secondary N) is 1. The van der Waals surface area contributed by atoms with Gasteiger partial charge in [-0.2, -0.15) is 13.9 Å². The number of fused-ring (bicyclic) bond motifs is 4. The lowest BCUT2D eigenvalue weighted by Gasteiger charge is -2.23. The van der Waals surface area contributed by atoms with Gasteiger partial charge in [0.05, 0.1) is 53.2 Å². The van der Waals surface area contributed by atoms with Gasteiger partial charge in [-0.1, -0.05) is 36.5 Å². The predicted molar refractivity (Wildman–Crippen MR) is 160 cm³/mol. The van der Waals surface area contributed by atoms with Crippen LogP contribution < -0.4 is 27.5 Å². The van der Waals surface area contributed by atoms with E-state index in [0.717, 1.165) is 0 Å². The van der Waals surface area contributed by atoms with E-state index in [0.29, 0.717) is 57.2 Å². The lowest BCUT2D eigenvalue weighted by Crippen LogP contribution is -2.28. The molecule has 2 atom stereocenters. The third-order valence-corrected chi connectivity index (χ3v) is 7.48. The number of hydrogen-bond donors (Lipinski definition) is 3. The Morgan fingerprint density at radius 1 is 1.19 bits per heavy atom. The van der Waals surface area contributed by atoms with Crippen molar-refractivity contribution < 1.29 is 13.6 Å². The number of anilines is 2. The van der Waals surface area contributed by atoms with Gasteiger partial charge in [0.25, 0.3) is 5.56 Å². The van der Waals surface area contributed by atoms with Crippen LogP contribution in [0.3, 0.4) is 0 Å². The van der Waals surface area contributed by atoms with Crippen molar-refractivity contribution in [1.29, 1.82) is 0 Å². The first-order valence-corrected chi connectivity index (χ1v) is 14.0. The van der Waals surface area contributed by atoms with Gasteiger partial charge in [0.1, 0.15) is 5.16 Å². The zero-order chi connectivity index (χ0) is 30.8. The number of aromatic nitrogens is 5. The van der Waals surface area contributed by atoms with Gasteiger partial charge in [0.15, 0.2) is 0 Å². The number of carbonyl (C=O) groups excluding carboxylic acids is 1. The number of carbonyl (C=O) groups is 1. The van der Waals surface area contributed by atoms with Gasteiger partial charge in [-0.05, 0) is 43.2 Å². The molecule has 0 saturated heterocycles. The monoisotopic (exact) mass is 629 g/mol. The van der Waals surface area contributed by atoms with Gasteiger partial charge in [-0.25, -0.2) is 15.5 Å². The fourth-order valence-electron chi connectivity index (χ4n) is 5.03. The molecule has 2 bridgehead atoms. The quantitative estimate of drug-likeness (QED) is 0.154. The maximum Gasteiger partial charge on any atom is 0.333 e. The van der Waals surface area contributed by atoms with Crippen LogP contribution in [-0.2, 0) is 4.79 Å². The third kappa shape index (κ3) is 6.38. The molecule has 4 aromatic rings. The van der Waals surface area contributed by atoms with Crippen LogP contribution in [-0.4, -0.2) is 30.2 Å². The maximum absolute atomic E-state index is 13.9. The molecular weight excluding hydrogens is 603 g/mol. The molecule has 0 saturated carbocycles. The molecular formula is C28H27Cl2F2N9O2. The van der Waals surface area contributed by atoms with Crippen LogP contribution in [0.4, 0.5) is 20.2 Å². The summed E-state index contributed by atoms with van der Waals surface area (Å²) in [5, 5.41) is 8.06. The highest BCUT2D eigenvalue weighted by Gasteiger charge is 2.26. The van der Waals surface area contributed by atoms with Gasteiger partial charge in [-0.3, -0.25) is 24.1 Å². The second-order valence-electron chi connectivity index (χ2n) is 10.0. The average molecular weight is 630 g/mol. The summed E-state index contributed by atoms with van der Waals surface area (Å²) in [6, 6.07) is 8.77. The van der Waals surface area contributed by atoms with E-state index in [1.54, 1.807) is 37.3 Å². The van der Waals surface area contributed by atoms with Crippen molar-refractivity contribution in [2.45, 2.75) is 38.8 Å². The first kappa shape index (κ1) is 30.1. The van der Waals surface area contributed by atoms with E-state index < -0.39 is 24.1 Å². The summed E-state index contributed by atoms with van der Waals surface area (Å²) in [4.78, 5) is 35.5. The molecule has 0 aliphatic carbocycles. The predicted octanol–water partition coefficient (Wildman–Crippen LogP) is 5.24. The Labute approximate surface area is 254 Å². The number of hydrogen-bond acceptors (Lipinski definition) is 8. The molecule has 0 fully saturated rings. The Balaban J connectivity index is 1.61. The van der Waals surface area contributed by atoms with Gasteiger partial charge >= 0.3 is 6.55 Å². The van der Waals surface area contributed by atoms with Crippen molar-refractivity contribution in [3.05, 3.63) is 87.5 Å². The highest BCUT2D eigenvalue weighted by Crippen LogP contribution is 2.35. The lowest BCUT2D eigenvalue weighted by molar-refractivity contribution is -0.119. The van der Waals surface area contributed by atoms with E-state index in [-0.39, 0.29) is 22.4 Å². The number of amides is 1. The van der Waals surface area contributed by atoms with Crippen molar-refractivity contribution in [3.63, 3.8) is 0 Å². The minimum Gasteiger partial charge on any atom is -0.388 e. The maximum atomic E-state index is 13.9. The Morgan fingerprint density at radius 2 is 1.98 bits per heavy atom. The first-order valence-electron chi connectivity index (χ1n) is 13.2. The second kappa shape index (κ2) is 12.5. The summed E-state index contributed by atoms with van der Waals surface area (Å²) >= 11 is 12.0. The summed E-state index contributed by atoms with van der Waals surface area (Å²) in [6.45, 7) is -1.20. The zero-order valence-corrected chi connectivity index (χ0v) is 24.3. The molecule has 1 aliphatic rings. The second-order valence-corrected chi connectivity index (χ2v) is 10.9. The Morgan fingerprint density at radius 3 is 2.70 bits per heavy atom. The van der Waals surface area contributed by atoms with E-state index in [1.165, 1.54) is 40.6 Å². The van der Waals surface area contributed by atoms with Crippen molar-refractivity contribution >= 4 is 40.5 Å². The number of pyridine rings is 1. The number of benzene rings is 1. The highest BCUT2D eigenvalue weighted by molar-refractivity contribution is 6.31. The third-order valence-electron chi connectivity index (χ3n) is 7.14. The minimum absolute atomic E-state index is 0.0331. The van der Waals surface area contributed by atoms with Gasteiger partial charge in [-0.15, -0.1) is 0 Å². The molecule has 0 radical (unpaired) electrons. The van der Waals surface area contributed by atoms with Crippen LogP contribution in [0.25, 0.3) is 22.5 Å². The summed E-state index contributed by atoms with van der Waals surface area (Å²) in [6.07, 6.45) is 6.83. The van der Waals surface area contributed by atoms with Crippen LogP contribution in [0.2, 0.25) is 5.02 Å². The van der Waals surface area contributed by atoms with Crippen molar-refractivity contribution in [1.82, 2.24) is 24.3 Å². The molecule has 3 aromatic heterocycles. The van der Waals surface area contributed by atoms with Gasteiger partial charge in [0, 0.05) is 34.3 Å². The van der Waals surface area contributed by atoms with Crippen LogP contribution in [0.5, 0.6) is 0 Å². The SMILES string of the molecule is CC1CCCC(n2cnc(-c3cc(Cl)ccc3N(N)/C=C(\N)Cl)cc2=O)c2cc(ccn2)-c2c(cnn2C(F)F)NC1=O. The van der Waals surface area contributed by atoms with E-state index in [1.807, 2.05) is 0 Å². The topological polar surface area (TPSA) is 150 Å². The molecule has 11 nitrogen and oxygen atoms in total. The molecule has 5 rings (SSSR count). The molecule has 0 spiro atoms. The first-order chi connectivity index (χ1) is 20.5. The molecule has 4 heterocycles. The van der Waals surface area contributed by atoms with Crippen molar-refractivity contribution in [3.8, 4) is 22.5 Å². The molecule has 43 heavy (non-hydrogen) atoms. The van der Waals surface area contributed by atoms with Crippen LogP contribution in [0.15, 0.2) is 71.3 Å². The normalized spacial score (nSPS) is 17.6. The van der Waals surface area contributed by atoms with E-state index in [2.05, 4.69) is 20.4 Å². The molecule has 1 aliphatic heterocycles. The number of hydrazine groups is 1.